The second-order valence-electron chi connectivity index (χ2n) is 7.74. The van der Waals surface area contributed by atoms with Crippen LogP contribution in [0.1, 0.15) is 38.1 Å². The number of hydrogen-bond acceptors (Lipinski definition) is 3. The number of guanidine groups is 1. The molecule has 2 amide bonds. The van der Waals surface area contributed by atoms with Crippen molar-refractivity contribution in [1.29, 1.82) is 0 Å². The van der Waals surface area contributed by atoms with E-state index in [4.69, 9.17) is 0 Å². The number of benzene rings is 1. The number of aliphatic imine (C=N–C) groups is 1. The smallest absolute Gasteiger partial charge is 0.254 e. The molecule has 0 bridgehead atoms. The summed E-state index contributed by atoms with van der Waals surface area (Å²) in [6.45, 7) is 9.72. The van der Waals surface area contributed by atoms with Gasteiger partial charge in [0, 0.05) is 32.7 Å². The van der Waals surface area contributed by atoms with Crippen molar-refractivity contribution < 1.29 is 14.0 Å². The van der Waals surface area contributed by atoms with Crippen molar-refractivity contribution in [3.8, 4) is 0 Å². The second kappa shape index (κ2) is 10.7. The second-order valence-corrected chi connectivity index (χ2v) is 7.74. The third kappa shape index (κ3) is 6.28. The minimum atomic E-state index is -0.549. The number of carbonyl (C=O) groups excluding carboxylic acids is 2. The number of amides is 2. The summed E-state index contributed by atoms with van der Waals surface area (Å²) in [6.07, 6.45) is 0. The van der Waals surface area contributed by atoms with E-state index in [1.165, 1.54) is 12.1 Å². The largest absolute Gasteiger partial charge is 0.354 e. The van der Waals surface area contributed by atoms with Crippen LogP contribution in [0.25, 0.3) is 0 Å². The average molecular weight is 519 g/mol. The van der Waals surface area contributed by atoms with Crippen molar-refractivity contribution >= 4 is 41.8 Å². The average Bonchev–Trinajstić information content (AvgIpc) is 2.60. The highest BCUT2D eigenvalue weighted by molar-refractivity contribution is 14.0. The predicted octanol–water partition coefficient (Wildman–Crippen LogP) is 2.08. The molecule has 29 heavy (non-hydrogen) atoms. The van der Waals surface area contributed by atoms with Crippen LogP contribution in [-0.4, -0.2) is 72.4 Å². The summed E-state index contributed by atoms with van der Waals surface area (Å²) in [6, 6.07) is 5.99. The van der Waals surface area contributed by atoms with Gasteiger partial charge < -0.3 is 20.4 Å². The molecular weight excluding hydrogens is 488 g/mol. The summed E-state index contributed by atoms with van der Waals surface area (Å²) >= 11 is 0. The molecule has 0 radical (unpaired) electrons. The number of halogens is 2. The standard InChI is InChI=1S/C20H30FN5O2.HI/c1-14(2)26-17(27)12-25(13-20(26,3)4)19(22-5)24-11-10-23-18(28)15-8-6-7-9-16(15)21;/h6-9,14H,10-13H2,1-5H3,(H,22,24)(H,23,28);1H. The summed E-state index contributed by atoms with van der Waals surface area (Å²) < 4.78 is 13.6. The number of nitrogens with one attached hydrogen (secondary N) is 2. The molecule has 2 rings (SSSR count). The van der Waals surface area contributed by atoms with E-state index in [-0.39, 0.29) is 53.6 Å². The molecule has 1 saturated heterocycles. The molecule has 0 aliphatic carbocycles. The normalized spacial score (nSPS) is 16.5. The lowest BCUT2D eigenvalue weighted by molar-refractivity contribution is -0.145. The minimum Gasteiger partial charge on any atom is -0.354 e. The lowest BCUT2D eigenvalue weighted by atomic mass is 9.96. The van der Waals surface area contributed by atoms with Gasteiger partial charge in [0.1, 0.15) is 5.82 Å². The minimum absolute atomic E-state index is 0. The Kier molecular flexibility index (Phi) is 9.31. The van der Waals surface area contributed by atoms with Crippen molar-refractivity contribution in [1.82, 2.24) is 20.4 Å². The van der Waals surface area contributed by atoms with E-state index >= 15 is 0 Å². The van der Waals surface area contributed by atoms with E-state index in [0.29, 0.717) is 25.6 Å². The molecule has 2 N–H and O–H groups in total. The Hall–Kier alpha value is -1.91. The predicted molar refractivity (Wildman–Crippen MR) is 123 cm³/mol. The van der Waals surface area contributed by atoms with Crippen molar-refractivity contribution in [2.24, 2.45) is 4.99 Å². The molecule has 0 aromatic heterocycles. The number of piperazine rings is 1. The topological polar surface area (TPSA) is 77.0 Å². The van der Waals surface area contributed by atoms with Gasteiger partial charge in [-0.2, -0.15) is 0 Å². The van der Waals surface area contributed by atoms with Crippen LogP contribution in [0, 0.1) is 5.82 Å². The fourth-order valence-electron chi connectivity index (χ4n) is 3.74. The monoisotopic (exact) mass is 519 g/mol. The Balaban J connectivity index is 0.00000420. The van der Waals surface area contributed by atoms with Crippen LogP contribution in [0.5, 0.6) is 0 Å². The summed E-state index contributed by atoms with van der Waals surface area (Å²) in [5, 5.41) is 5.84. The van der Waals surface area contributed by atoms with Crippen LogP contribution in [0.4, 0.5) is 4.39 Å². The van der Waals surface area contributed by atoms with Gasteiger partial charge in [0.2, 0.25) is 5.91 Å². The number of nitrogens with zero attached hydrogens (tertiary/aromatic N) is 3. The van der Waals surface area contributed by atoms with Crippen molar-refractivity contribution in [3.63, 3.8) is 0 Å². The number of carbonyl (C=O) groups is 2. The van der Waals surface area contributed by atoms with E-state index in [1.54, 1.807) is 19.2 Å². The first-order valence-corrected chi connectivity index (χ1v) is 9.48. The van der Waals surface area contributed by atoms with Gasteiger partial charge in [0.05, 0.1) is 17.6 Å². The van der Waals surface area contributed by atoms with Crippen molar-refractivity contribution in [3.05, 3.63) is 35.6 Å². The van der Waals surface area contributed by atoms with Crippen LogP contribution in [-0.2, 0) is 4.79 Å². The zero-order valence-corrected chi connectivity index (χ0v) is 20.0. The molecular formula is C20H31FIN5O2. The first kappa shape index (κ1) is 25.1. The van der Waals surface area contributed by atoms with Gasteiger partial charge in [0.15, 0.2) is 5.96 Å². The fourth-order valence-corrected chi connectivity index (χ4v) is 3.74. The third-order valence-corrected chi connectivity index (χ3v) is 4.66. The maximum absolute atomic E-state index is 13.6. The Morgan fingerprint density at radius 1 is 1.24 bits per heavy atom. The lowest BCUT2D eigenvalue weighted by Gasteiger charge is -2.49. The molecule has 1 aromatic carbocycles. The SMILES string of the molecule is CN=C(NCCNC(=O)c1ccccc1F)N1CC(=O)N(C(C)C)C(C)(C)C1.I. The van der Waals surface area contributed by atoms with Crippen molar-refractivity contribution in [2.45, 2.75) is 39.3 Å². The van der Waals surface area contributed by atoms with Crippen LogP contribution in [0.3, 0.4) is 0 Å². The molecule has 162 valence electrons. The van der Waals surface area contributed by atoms with Crippen LogP contribution in [0.2, 0.25) is 0 Å². The van der Waals surface area contributed by atoms with E-state index in [1.807, 2.05) is 37.5 Å². The van der Waals surface area contributed by atoms with E-state index < -0.39 is 11.7 Å². The zero-order chi connectivity index (χ0) is 20.9. The highest BCUT2D eigenvalue weighted by Gasteiger charge is 2.40. The van der Waals surface area contributed by atoms with Gasteiger partial charge in [-0.1, -0.05) is 12.1 Å². The molecule has 0 saturated carbocycles. The molecule has 1 aliphatic rings. The first-order valence-electron chi connectivity index (χ1n) is 9.48. The molecule has 0 atom stereocenters. The molecule has 1 aromatic rings. The van der Waals surface area contributed by atoms with Gasteiger partial charge in [-0.25, -0.2) is 4.39 Å². The van der Waals surface area contributed by atoms with E-state index in [2.05, 4.69) is 15.6 Å². The van der Waals surface area contributed by atoms with Crippen LogP contribution >= 0.6 is 24.0 Å². The van der Waals surface area contributed by atoms with Gasteiger partial charge in [-0.15, -0.1) is 24.0 Å². The van der Waals surface area contributed by atoms with Crippen molar-refractivity contribution in [2.75, 3.05) is 33.2 Å². The molecule has 9 heteroatoms. The maximum atomic E-state index is 13.6. The number of rotatable bonds is 5. The highest BCUT2D eigenvalue weighted by atomic mass is 127. The molecule has 1 fully saturated rings. The first-order chi connectivity index (χ1) is 13.2. The number of hydrogen-bond donors (Lipinski definition) is 2. The van der Waals surface area contributed by atoms with Gasteiger partial charge in [-0.3, -0.25) is 14.6 Å². The van der Waals surface area contributed by atoms with E-state index in [9.17, 15) is 14.0 Å². The van der Waals surface area contributed by atoms with Gasteiger partial charge in [-0.05, 0) is 39.8 Å². The third-order valence-electron chi connectivity index (χ3n) is 4.66. The lowest BCUT2D eigenvalue weighted by Crippen LogP contribution is -2.66. The molecule has 1 heterocycles. The van der Waals surface area contributed by atoms with Gasteiger partial charge in [0.25, 0.3) is 5.91 Å². The maximum Gasteiger partial charge on any atom is 0.254 e. The van der Waals surface area contributed by atoms with E-state index in [0.717, 1.165) is 0 Å². The van der Waals surface area contributed by atoms with Crippen LogP contribution in [0.15, 0.2) is 29.3 Å². The summed E-state index contributed by atoms with van der Waals surface area (Å²) in [5.41, 5.74) is -0.302. The zero-order valence-electron chi connectivity index (χ0n) is 17.7. The Morgan fingerprint density at radius 3 is 2.41 bits per heavy atom. The molecule has 1 aliphatic heterocycles. The Labute approximate surface area is 189 Å². The van der Waals surface area contributed by atoms with Gasteiger partial charge >= 0.3 is 0 Å². The quantitative estimate of drug-likeness (QED) is 0.271. The summed E-state index contributed by atoms with van der Waals surface area (Å²) in [7, 11) is 1.66. The van der Waals surface area contributed by atoms with Crippen LogP contribution < -0.4 is 10.6 Å². The Morgan fingerprint density at radius 2 is 1.86 bits per heavy atom. The molecule has 0 spiro atoms. The fraction of sp³-hybridized carbons (Fsp3) is 0.550. The molecule has 0 unspecified atom stereocenters. The highest BCUT2D eigenvalue weighted by Crippen LogP contribution is 2.24. The molecule has 7 nitrogen and oxygen atoms in total. The Bertz CT molecular complexity index is 754. The summed E-state index contributed by atoms with van der Waals surface area (Å²) in [5.74, 6) is -0.351. The summed E-state index contributed by atoms with van der Waals surface area (Å²) in [4.78, 5) is 32.7.